The van der Waals surface area contributed by atoms with Crippen molar-refractivity contribution >= 4 is 33.4 Å². The number of nitrogens with zero attached hydrogens (tertiary/aromatic N) is 1. The Kier molecular flexibility index (Phi) is 4.77. The molecule has 0 spiro atoms. The zero-order valence-corrected chi connectivity index (χ0v) is 13.1. The highest BCUT2D eigenvalue weighted by atomic mass is 79.9. The number of rotatable bonds is 1. The van der Waals surface area contributed by atoms with Crippen molar-refractivity contribution in [3.63, 3.8) is 0 Å². The smallest absolute Gasteiger partial charge is 0.313 e. The van der Waals surface area contributed by atoms with Gasteiger partial charge in [-0.3, -0.25) is 9.59 Å². The average molecular weight is 341 g/mol. The van der Waals surface area contributed by atoms with E-state index in [0.29, 0.717) is 25.4 Å². The van der Waals surface area contributed by atoms with Crippen LogP contribution in [-0.4, -0.2) is 42.5 Å². The van der Waals surface area contributed by atoms with Gasteiger partial charge in [-0.05, 0) is 37.6 Å². The molecular weight excluding hydrogens is 324 g/mol. The minimum absolute atomic E-state index is 0.0320. The van der Waals surface area contributed by atoms with E-state index in [2.05, 4.69) is 21.2 Å². The monoisotopic (exact) mass is 340 g/mol. The van der Waals surface area contributed by atoms with Crippen molar-refractivity contribution in [3.05, 3.63) is 28.2 Å². The third-order valence-corrected chi connectivity index (χ3v) is 4.03. The van der Waals surface area contributed by atoms with E-state index in [-0.39, 0.29) is 6.10 Å². The van der Waals surface area contributed by atoms with E-state index < -0.39 is 11.8 Å². The quantitative estimate of drug-likeness (QED) is 0.795. The molecule has 6 heteroatoms. The second-order valence-corrected chi connectivity index (χ2v) is 5.71. The number of ether oxygens (including phenoxy) is 1. The highest BCUT2D eigenvalue weighted by Crippen LogP contribution is 2.20. The molecule has 1 unspecified atom stereocenters. The number of hydrogen-bond donors (Lipinski definition) is 1. The molecule has 5 nitrogen and oxygen atoms in total. The first-order valence-electron chi connectivity index (χ1n) is 6.45. The maximum absolute atomic E-state index is 12.0. The summed E-state index contributed by atoms with van der Waals surface area (Å²) in [5, 5.41) is 2.63. The number of benzene rings is 1. The van der Waals surface area contributed by atoms with Gasteiger partial charge >= 0.3 is 11.8 Å². The van der Waals surface area contributed by atoms with Crippen molar-refractivity contribution in [3.8, 4) is 0 Å². The van der Waals surface area contributed by atoms with E-state index >= 15 is 0 Å². The van der Waals surface area contributed by atoms with E-state index in [1.807, 2.05) is 26.0 Å². The van der Waals surface area contributed by atoms with Gasteiger partial charge in [-0.1, -0.05) is 15.9 Å². The zero-order valence-electron chi connectivity index (χ0n) is 11.5. The Hall–Kier alpha value is -1.40. The van der Waals surface area contributed by atoms with E-state index in [1.165, 1.54) is 4.90 Å². The first-order chi connectivity index (χ1) is 9.47. The van der Waals surface area contributed by atoms with Crippen LogP contribution in [0.25, 0.3) is 0 Å². The van der Waals surface area contributed by atoms with Gasteiger partial charge < -0.3 is 15.0 Å². The highest BCUT2D eigenvalue weighted by Gasteiger charge is 2.26. The maximum Gasteiger partial charge on any atom is 0.313 e. The molecule has 1 aromatic rings. The molecule has 1 N–H and O–H groups in total. The van der Waals surface area contributed by atoms with Crippen LogP contribution in [0.1, 0.15) is 12.5 Å². The summed E-state index contributed by atoms with van der Waals surface area (Å²) in [6.07, 6.45) is -0.0320. The topological polar surface area (TPSA) is 58.6 Å². The second-order valence-electron chi connectivity index (χ2n) is 4.85. The van der Waals surface area contributed by atoms with E-state index in [0.717, 1.165) is 10.0 Å². The molecule has 0 radical (unpaired) electrons. The summed E-state index contributed by atoms with van der Waals surface area (Å²) in [6.45, 7) is 5.18. The molecule has 1 heterocycles. The number of morpholine rings is 1. The normalized spacial score (nSPS) is 18.8. The van der Waals surface area contributed by atoms with E-state index in [4.69, 9.17) is 4.74 Å². The lowest BCUT2D eigenvalue weighted by Crippen LogP contribution is -2.48. The van der Waals surface area contributed by atoms with Gasteiger partial charge in [0.05, 0.1) is 12.7 Å². The van der Waals surface area contributed by atoms with Crippen LogP contribution in [0.3, 0.4) is 0 Å². The van der Waals surface area contributed by atoms with Crippen LogP contribution >= 0.6 is 15.9 Å². The molecule has 1 saturated heterocycles. The van der Waals surface area contributed by atoms with Gasteiger partial charge in [0.25, 0.3) is 0 Å². The third kappa shape index (κ3) is 3.58. The molecule has 108 valence electrons. The fraction of sp³-hybridized carbons (Fsp3) is 0.429. The van der Waals surface area contributed by atoms with Crippen LogP contribution in [0.2, 0.25) is 0 Å². The Morgan fingerprint density at radius 2 is 2.20 bits per heavy atom. The molecule has 1 atom stereocenters. The van der Waals surface area contributed by atoms with E-state index in [1.54, 1.807) is 6.07 Å². The summed E-state index contributed by atoms with van der Waals surface area (Å²) >= 11 is 3.39. The summed E-state index contributed by atoms with van der Waals surface area (Å²) in [5.41, 5.74) is 1.61. The van der Waals surface area contributed by atoms with Gasteiger partial charge in [0, 0.05) is 23.2 Å². The van der Waals surface area contributed by atoms with Crippen LogP contribution in [-0.2, 0) is 14.3 Å². The molecule has 1 aliphatic heterocycles. The molecule has 2 rings (SSSR count). The fourth-order valence-corrected chi connectivity index (χ4v) is 2.30. The fourth-order valence-electron chi connectivity index (χ4n) is 2.05. The zero-order chi connectivity index (χ0) is 14.7. The van der Waals surface area contributed by atoms with Crippen molar-refractivity contribution < 1.29 is 14.3 Å². The standard InChI is InChI=1S/C14H17BrN2O3/c1-9-7-11(3-4-12(9)15)16-13(18)14(19)17-5-6-20-10(2)8-17/h3-4,7,10H,5-6,8H2,1-2H3,(H,16,18). The number of hydrogen-bond acceptors (Lipinski definition) is 3. The molecule has 0 aromatic heterocycles. The molecule has 2 amide bonds. The SMILES string of the molecule is Cc1cc(NC(=O)C(=O)N2CCOC(C)C2)ccc1Br. The Morgan fingerprint density at radius 1 is 1.45 bits per heavy atom. The highest BCUT2D eigenvalue weighted by molar-refractivity contribution is 9.10. The van der Waals surface area contributed by atoms with Crippen LogP contribution in [0.4, 0.5) is 5.69 Å². The third-order valence-electron chi connectivity index (χ3n) is 3.14. The first kappa shape index (κ1) is 15.0. The Bertz CT molecular complexity index is 533. The van der Waals surface area contributed by atoms with E-state index in [9.17, 15) is 9.59 Å². The molecule has 1 aromatic carbocycles. The Balaban J connectivity index is 2.00. The van der Waals surface area contributed by atoms with Crippen LogP contribution < -0.4 is 5.32 Å². The number of halogens is 1. The molecule has 20 heavy (non-hydrogen) atoms. The lowest BCUT2D eigenvalue weighted by Gasteiger charge is -2.30. The van der Waals surface area contributed by atoms with Gasteiger partial charge in [0.15, 0.2) is 0 Å². The molecular formula is C14H17BrN2O3. The number of anilines is 1. The minimum Gasteiger partial charge on any atom is -0.375 e. The first-order valence-corrected chi connectivity index (χ1v) is 7.24. The number of aryl methyl sites for hydroxylation is 1. The van der Waals surface area contributed by atoms with Gasteiger partial charge in [0.1, 0.15) is 0 Å². The molecule has 1 fully saturated rings. The Morgan fingerprint density at radius 3 is 2.85 bits per heavy atom. The predicted molar refractivity (Wildman–Crippen MR) is 79.5 cm³/mol. The number of carbonyl (C=O) groups is 2. The van der Waals surface area contributed by atoms with Crippen molar-refractivity contribution in [2.75, 3.05) is 25.0 Å². The molecule has 0 saturated carbocycles. The summed E-state index contributed by atoms with van der Waals surface area (Å²) in [6, 6.07) is 5.41. The lowest BCUT2D eigenvalue weighted by molar-refractivity contribution is -0.147. The van der Waals surface area contributed by atoms with Crippen LogP contribution in [0, 0.1) is 6.92 Å². The van der Waals surface area contributed by atoms with Crippen molar-refractivity contribution in [2.24, 2.45) is 0 Å². The summed E-state index contributed by atoms with van der Waals surface area (Å²) < 4.78 is 6.32. The number of amides is 2. The summed E-state index contributed by atoms with van der Waals surface area (Å²) in [7, 11) is 0. The maximum atomic E-state index is 12.0. The molecule has 1 aliphatic rings. The van der Waals surface area contributed by atoms with Gasteiger partial charge in [-0.25, -0.2) is 0 Å². The predicted octanol–water partition coefficient (Wildman–Crippen LogP) is 1.94. The van der Waals surface area contributed by atoms with Crippen LogP contribution in [0.5, 0.6) is 0 Å². The second kappa shape index (κ2) is 6.37. The van der Waals surface area contributed by atoms with Crippen molar-refractivity contribution in [2.45, 2.75) is 20.0 Å². The minimum atomic E-state index is -0.610. The van der Waals surface area contributed by atoms with Crippen LogP contribution in [0.15, 0.2) is 22.7 Å². The number of carbonyl (C=O) groups excluding carboxylic acids is 2. The van der Waals surface area contributed by atoms with Gasteiger partial charge in [0.2, 0.25) is 0 Å². The van der Waals surface area contributed by atoms with Crippen molar-refractivity contribution in [1.82, 2.24) is 4.90 Å². The molecule has 0 bridgehead atoms. The van der Waals surface area contributed by atoms with Gasteiger partial charge in [-0.15, -0.1) is 0 Å². The number of nitrogens with one attached hydrogen (secondary N) is 1. The largest absolute Gasteiger partial charge is 0.375 e. The van der Waals surface area contributed by atoms with Gasteiger partial charge in [-0.2, -0.15) is 0 Å². The summed E-state index contributed by atoms with van der Waals surface area (Å²) in [5.74, 6) is -1.12. The molecule has 0 aliphatic carbocycles. The van der Waals surface area contributed by atoms with Crippen molar-refractivity contribution in [1.29, 1.82) is 0 Å². The summed E-state index contributed by atoms with van der Waals surface area (Å²) in [4.78, 5) is 25.5. The Labute approximate surface area is 126 Å². The lowest BCUT2D eigenvalue weighted by atomic mass is 10.2. The average Bonchev–Trinajstić information content (AvgIpc) is 2.42.